The van der Waals surface area contributed by atoms with Crippen LogP contribution in [0.5, 0.6) is 5.75 Å². The third-order valence-corrected chi connectivity index (χ3v) is 6.02. The van der Waals surface area contributed by atoms with Gasteiger partial charge in [-0.15, -0.1) is 0 Å². The molecule has 3 aromatic rings. The topological polar surface area (TPSA) is 67.0 Å². The molecule has 1 saturated heterocycles. The van der Waals surface area contributed by atoms with Crippen molar-refractivity contribution in [2.24, 2.45) is 0 Å². The Morgan fingerprint density at radius 3 is 2.81 bits per heavy atom. The lowest BCUT2D eigenvalue weighted by Gasteiger charge is -2.34. The van der Waals surface area contributed by atoms with Crippen LogP contribution in [0, 0.1) is 0 Å². The number of aromatic nitrogens is 2. The molecule has 2 aromatic heterocycles. The summed E-state index contributed by atoms with van der Waals surface area (Å²) in [5.74, 6) is 1.09. The first-order valence-corrected chi connectivity index (χ1v) is 9.11. The largest absolute Gasteiger partial charge is 0.496 e. The van der Waals surface area contributed by atoms with E-state index in [1.165, 1.54) is 5.56 Å². The van der Waals surface area contributed by atoms with Crippen molar-refractivity contribution in [3.8, 4) is 16.9 Å². The third kappa shape index (κ3) is 2.13. The lowest BCUT2D eigenvalue weighted by atomic mass is 9.74. The number of nitrogens with one attached hydrogen (secondary N) is 2. The molecule has 3 heterocycles. The van der Waals surface area contributed by atoms with E-state index in [0.717, 1.165) is 59.4 Å². The van der Waals surface area contributed by atoms with Crippen LogP contribution in [0.3, 0.4) is 0 Å². The van der Waals surface area contributed by atoms with Crippen LogP contribution in [-0.4, -0.2) is 36.0 Å². The molecule has 0 saturated carbocycles. The summed E-state index contributed by atoms with van der Waals surface area (Å²) in [5, 5.41) is 4.41. The minimum atomic E-state index is 0.00211. The standard InChI is InChI=1S/C21H21N3O2/c1-26-18-4-7-23-20-19(18)15(12-24-20)13-2-3-14-16(10-13)21(11-17(14)25)5-8-22-9-6-21/h2-4,7,10,12,22H,5-6,8-9,11H2,1H3,(H,23,24). The highest BCUT2D eigenvalue weighted by Gasteiger charge is 2.43. The van der Waals surface area contributed by atoms with Gasteiger partial charge in [0.25, 0.3) is 0 Å². The van der Waals surface area contributed by atoms with Crippen molar-refractivity contribution in [1.29, 1.82) is 0 Å². The van der Waals surface area contributed by atoms with Crippen LogP contribution in [0.2, 0.25) is 0 Å². The summed E-state index contributed by atoms with van der Waals surface area (Å²) in [6, 6.07) is 8.16. The molecule has 0 radical (unpaired) electrons. The van der Waals surface area contributed by atoms with Crippen LogP contribution in [0.25, 0.3) is 22.2 Å². The van der Waals surface area contributed by atoms with Gasteiger partial charge >= 0.3 is 0 Å². The van der Waals surface area contributed by atoms with Gasteiger partial charge in [0, 0.05) is 35.4 Å². The first kappa shape index (κ1) is 15.6. The Labute approximate surface area is 151 Å². The van der Waals surface area contributed by atoms with Crippen molar-refractivity contribution >= 4 is 16.8 Å². The Morgan fingerprint density at radius 1 is 1.15 bits per heavy atom. The predicted molar refractivity (Wildman–Crippen MR) is 101 cm³/mol. The Bertz CT molecular complexity index is 1020. The van der Waals surface area contributed by atoms with Gasteiger partial charge in [0.2, 0.25) is 0 Å². The van der Waals surface area contributed by atoms with Crippen LogP contribution in [0.4, 0.5) is 0 Å². The Hall–Kier alpha value is -2.66. The second-order valence-corrected chi connectivity index (χ2v) is 7.33. The third-order valence-electron chi connectivity index (χ3n) is 6.02. The number of hydrogen-bond acceptors (Lipinski definition) is 4. The average Bonchev–Trinajstić information content (AvgIpc) is 3.22. The summed E-state index contributed by atoms with van der Waals surface area (Å²) in [4.78, 5) is 20.2. The average molecular weight is 347 g/mol. The number of carbonyl (C=O) groups is 1. The zero-order chi connectivity index (χ0) is 17.7. The van der Waals surface area contributed by atoms with Crippen LogP contribution < -0.4 is 10.1 Å². The fourth-order valence-electron chi connectivity index (χ4n) is 4.67. The van der Waals surface area contributed by atoms with E-state index in [0.29, 0.717) is 6.42 Å². The quantitative estimate of drug-likeness (QED) is 0.745. The molecule has 5 rings (SSSR count). The number of methoxy groups -OCH3 is 1. The number of rotatable bonds is 2. The number of fused-ring (bicyclic) bond motifs is 3. The van der Waals surface area contributed by atoms with Crippen LogP contribution >= 0.6 is 0 Å². The summed E-state index contributed by atoms with van der Waals surface area (Å²) >= 11 is 0. The smallest absolute Gasteiger partial charge is 0.164 e. The summed E-state index contributed by atoms with van der Waals surface area (Å²) in [6.45, 7) is 1.95. The molecule has 2 N–H and O–H groups in total. The van der Waals surface area contributed by atoms with Gasteiger partial charge in [-0.05, 0) is 49.2 Å². The van der Waals surface area contributed by atoms with Gasteiger partial charge < -0.3 is 15.0 Å². The molecular weight excluding hydrogens is 326 g/mol. The number of pyridine rings is 1. The zero-order valence-corrected chi connectivity index (χ0v) is 14.8. The van der Waals surface area contributed by atoms with Gasteiger partial charge in [0.1, 0.15) is 11.4 Å². The minimum Gasteiger partial charge on any atom is -0.496 e. The number of nitrogens with zero attached hydrogens (tertiary/aromatic N) is 1. The molecule has 1 aliphatic heterocycles. The van der Waals surface area contributed by atoms with E-state index in [-0.39, 0.29) is 11.2 Å². The van der Waals surface area contributed by atoms with Crippen molar-refractivity contribution in [1.82, 2.24) is 15.3 Å². The second kappa shape index (κ2) is 5.68. The maximum Gasteiger partial charge on any atom is 0.164 e. The predicted octanol–water partition coefficient (Wildman–Crippen LogP) is 3.45. The van der Waals surface area contributed by atoms with E-state index in [4.69, 9.17) is 4.74 Å². The molecule has 2 aliphatic rings. The molecule has 5 heteroatoms. The molecule has 26 heavy (non-hydrogen) atoms. The van der Waals surface area contributed by atoms with Gasteiger partial charge in [0.05, 0.1) is 12.5 Å². The van der Waals surface area contributed by atoms with E-state index < -0.39 is 0 Å². The molecule has 0 unspecified atom stereocenters. The molecule has 1 spiro atoms. The van der Waals surface area contributed by atoms with Crippen molar-refractivity contribution in [3.63, 3.8) is 0 Å². The number of H-pyrrole nitrogens is 1. The monoisotopic (exact) mass is 347 g/mol. The SMILES string of the molecule is COc1ccnc2[nH]cc(-c3ccc4c(c3)C3(CCNCC3)CC4=O)c12. The fourth-order valence-corrected chi connectivity index (χ4v) is 4.67. The van der Waals surface area contributed by atoms with Gasteiger partial charge in [-0.1, -0.05) is 12.1 Å². The molecule has 132 valence electrons. The normalized spacial score (nSPS) is 18.4. The zero-order valence-electron chi connectivity index (χ0n) is 14.8. The Kier molecular flexibility index (Phi) is 3.40. The lowest BCUT2D eigenvalue weighted by molar-refractivity contribution is 0.0964. The number of ketones is 1. The van der Waals surface area contributed by atoms with E-state index >= 15 is 0 Å². The summed E-state index contributed by atoms with van der Waals surface area (Å²) in [5.41, 5.74) is 5.11. The maximum atomic E-state index is 12.6. The van der Waals surface area contributed by atoms with Crippen LogP contribution in [0.15, 0.2) is 36.7 Å². The summed E-state index contributed by atoms with van der Waals surface area (Å²) in [6.07, 6.45) is 6.41. The molecular formula is C21H21N3O2. The van der Waals surface area contributed by atoms with Crippen LogP contribution in [0.1, 0.15) is 35.2 Å². The van der Waals surface area contributed by atoms with Crippen molar-refractivity contribution in [2.75, 3.05) is 20.2 Å². The number of carbonyl (C=O) groups excluding carboxylic acids is 1. The second-order valence-electron chi connectivity index (χ2n) is 7.33. The highest BCUT2D eigenvalue weighted by molar-refractivity contribution is 6.04. The van der Waals surface area contributed by atoms with E-state index in [2.05, 4.69) is 21.4 Å². The molecule has 0 atom stereocenters. The minimum absolute atomic E-state index is 0.00211. The highest BCUT2D eigenvalue weighted by Crippen LogP contribution is 2.47. The van der Waals surface area contributed by atoms with Crippen molar-refractivity contribution in [2.45, 2.75) is 24.7 Å². The van der Waals surface area contributed by atoms with Gasteiger partial charge in [-0.2, -0.15) is 0 Å². The van der Waals surface area contributed by atoms with Gasteiger partial charge in [0.15, 0.2) is 5.78 Å². The molecule has 1 fully saturated rings. The Balaban J connectivity index is 1.69. The fraction of sp³-hybridized carbons (Fsp3) is 0.333. The summed E-state index contributed by atoms with van der Waals surface area (Å²) < 4.78 is 5.55. The van der Waals surface area contributed by atoms with E-state index in [1.54, 1.807) is 13.3 Å². The van der Waals surface area contributed by atoms with Crippen molar-refractivity contribution < 1.29 is 9.53 Å². The van der Waals surface area contributed by atoms with Gasteiger partial charge in [-0.25, -0.2) is 4.98 Å². The highest BCUT2D eigenvalue weighted by atomic mass is 16.5. The molecule has 0 bridgehead atoms. The first-order valence-electron chi connectivity index (χ1n) is 9.11. The number of hydrogen-bond donors (Lipinski definition) is 2. The molecule has 0 amide bonds. The lowest BCUT2D eigenvalue weighted by Crippen LogP contribution is -2.38. The first-order chi connectivity index (χ1) is 12.7. The maximum absolute atomic E-state index is 12.6. The number of ether oxygens (including phenoxy) is 1. The van der Waals surface area contributed by atoms with Gasteiger partial charge in [-0.3, -0.25) is 4.79 Å². The Morgan fingerprint density at radius 2 is 2.00 bits per heavy atom. The molecule has 1 aromatic carbocycles. The molecule has 1 aliphatic carbocycles. The number of Topliss-reactive ketones (excluding diaryl/α,β-unsaturated/α-hetero) is 1. The molecule has 5 nitrogen and oxygen atoms in total. The van der Waals surface area contributed by atoms with Crippen molar-refractivity contribution in [3.05, 3.63) is 47.8 Å². The van der Waals surface area contributed by atoms with Crippen LogP contribution in [-0.2, 0) is 5.41 Å². The number of piperidine rings is 1. The number of aromatic amines is 1. The summed E-state index contributed by atoms with van der Waals surface area (Å²) in [7, 11) is 1.68. The van der Waals surface area contributed by atoms with E-state index in [1.807, 2.05) is 24.4 Å². The van der Waals surface area contributed by atoms with E-state index in [9.17, 15) is 4.79 Å². The number of benzene rings is 1.